The van der Waals surface area contributed by atoms with Crippen LogP contribution in [0, 0.1) is 5.92 Å². The number of rotatable bonds is 11. The molecule has 2 amide bonds. The number of aromatic nitrogens is 1. The number of carbonyl (C=O) groups is 2. The van der Waals surface area contributed by atoms with Gasteiger partial charge in [0.2, 0.25) is 5.91 Å². The molecule has 4 aromatic rings. The molecule has 2 heterocycles. The van der Waals surface area contributed by atoms with E-state index in [1.807, 2.05) is 39.0 Å². The van der Waals surface area contributed by atoms with E-state index in [1.54, 1.807) is 19.1 Å². The molecular formula is C40H49N3O5. The van der Waals surface area contributed by atoms with Gasteiger partial charge in [-0.25, -0.2) is 4.79 Å². The summed E-state index contributed by atoms with van der Waals surface area (Å²) in [7, 11) is 3.41. The van der Waals surface area contributed by atoms with Gasteiger partial charge in [-0.3, -0.25) is 4.79 Å². The van der Waals surface area contributed by atoms with Crippen molar-refractivity contribution in [1.82, 2.24) is 14.4 Å². The summed E-state index contributed by atoms with van der Waals surface area (Å²) in [6.45, 7) is 8.24. The molecular weight excluding hydrogens is 602 g/mol. The van der Waals surface area contributed by atoms with Gasteiger partial charge in [0.15, 0.2) is 0 Å². The Kier molecular flexibility index (Phi) is 10.2. The van der Waals surface area contributed by atoms with Crippen molar-refractivity contribution in [2.24, 2.45) is 5.92 Å². The van der Waals surface area contributed by atoms with Crippen LogP contribution in [0.1, 0.15) is 57.1 Å². The van der Waals surface area contributed by atoms with E-state index < -0.39 is 23.7 Å². The first-order valence-corrected chi connectivity index (χ1v) is 17.2. The molecule has 1 saturated heterocycles. The highest BCUT2D eigenvalue weighted by molar-refractivity contribution is 5.86. The highest BCUT2D eigenvalue weighted by atomic mass is 16.6. The third kappa shape index (κ3) is 7.61. The maximum atomic E-state index is 15.1. The van der Waals surface area contributed by atoms with E-state index in [-0.39, 0.29) is 24.4 Å². The number of methoxy groups -OCH3 is 2. The molecule has 1 aliphatic carbocycles. The normalized spacial score (nSPS) is 19.8. The van der Waals surface area contributed by atoms with Crippen LogP contribution in [0.5, 0.6) is 0 Å². The van der Waals surface area contributed by atoms with Crippen molar-refractivity contribution in [2.45, 2.75) is 76.8 Å². The third-order valence-electron chi connectivity index (χ3n) is 9.53. The quantitative estimate of drug-likeness (QED) is 0.157. The Morgan fingerprint density at radius 2 is 1.62 bits per heavy atom. The van der Waals surface area contributed by atoms with Crippen LogP contribution in [0.15, 0.2) is 85.1 Å². The molecule has 0 radical (unpaired) electrons. The molecule has 3 atom stereocenters. The Morgan fingerprint density at radius 3 is 2.33 bits per heavy atom. The number of piperidine rings is 1. The number of amides is 2. The van der Waals surface area contributed by atoms with Gasteiger partial charge in [-0.05, 0) is 68.4 Å². The largest absolute Gasteiger partial charge is 0.444 e. The maximum Gasteiger partial charge on any atom is 0.410 e. The summed E-state index contributed by atoms with van der Waals surface area (Å²) in [6, 6.07) is 27.3. The van der Waals surface area contributed by atoms with Crippen LogP contribution in [0.2, 0.25) is 0 Å². The zero-order valence-electron chi connectivity index (χ0n) is 28.9. The maximum absolute atomic E-state index is 15.1. The summed E-state index contributed by atoms with van der Waals surface area (Å²) in [4.78, 5) is 32.3. The van der Waals surface area contributed by atoms with Crippen molar-refractivity contribution in [3.05, 3.63) is 96.2 Å². The van der Waals surface area contributed by atoms with Crippen LogP contribution < -0.4 is 0 Å². The summed E-state index contributed by atoms with van der Waals surface area (Å²) < 4.78 is 19.6. The molecule has 0 N–H and O–H groups in total. The number of carbonyl (C=O) groups excluding carboxylic acids is 2. The monoisotopic (exact) mass is 651 g/mol. The highest BCUT2D eigenvalue weighted by Crippen LogP contribution is 2.41. The molecule has 8 heteroatoms. The predicted octanol–water partition coefficient (Wildman–Crippen LogP) is 7.50. The second kappa shape index (κ2) is 14.5. The SMILES string of the molecule is COCCCn1cc(CN(C(=O)[C@H]2CN(C(=O)OC(C)(C)C)C[C@@H](OC)[C@@H]2c2cccc(-c3ccccc3)c2)C2CC2)c2ccccc21. The highest BCUT2D eigenvalue weighted by Gasteiger charge is 2.47. The summed E-state index contributed by atoms with van der Waals surface area (Å²) in [5.41, 5.74) is 4.88. The minimum atomic E-state index is -0.655. The molecule has 0 bridgehead atoms. The lowest BCUT2D eigenvalue weighted by molar-refractivity contribution is -0.142. The van der Waals surface area contributed by atoms with Gasteiger partial charge in [-0.1, -0.05) is 72.8 Å². The third-order valence-corrected chi connectivity index (χ3v) is 9.53. The molecule has 1 aliphatic heterocycles. The first-order chi connectivity index (χ1) is 23.2. The number of fused-ring (bicyclic) bond motifs is 1. The number of para-hydroxylation sites is 1. The second-order valence-corrected chi connectivity index (χ2v) is 14.2. The van der Waals surface area contributed by atoms with Crippen LogP contribution in [0.4, 0.5) is 4.79 Å². The van der Waals surface area contributed by atoms with Gasteiger partial charge in [0.25, 0.3) is 0 Å². The van der Waals surface area contributed by atoms with Gasteiger partial charge in [-0.15, -0.1) is 0 Å². The van der Waals surface area contributed by atoms with E-state index in [4.69, 9.17) is 14.2 Å². The fourth-order valence-corrected chi connectivity index (χ4v) is 7.13. The van der Waals surface area contributed by atoms with Crippen molar-refractivity contribution < 1.29 is 23.8 Å². The number of hydrogen-bond donors (Lipinski definition) is 0. The number of benzene rings is 3. The minimum absolute atomic E-state index is 0.0548. The number of hydrogen-bond acceptors (Lipinski definition) is 5. The molecule has 1 aromatic heterocycles. The molecule has 1 saturated carbocycles. The van der Waals surface area contributed by atoms with Crippen LogP contribution in [0.25, 0.3) is 22.0 Å². The van der Waals surface area contributed by atoms with Gasteiger partial charge >= 0.3 is 6.09 Å². The lowest BCUT2D eigenvalue weighted by Gasteiger charge is -2.44. The Labute approximate surface area is 284 Å². The van der Waals surface area contributed by atoms with Gasteiger partial charge in [0.05, 0.1) is 18.6 Å². The van der Waals surface area contributed by atoms with Crippen molar-refractivity contribution in [3.8, 4) is 11.1 Å². The first kappa shape index (κ1) is 33.7. The predicted molar refractivity (Wildman–Crippen MR) is 189 cm³/mol. The summed E-state index contributed by atoms with van der Waals surface area (Å²) >= 11 is 0. The smallest absolute Gasteiger partial charge is 0.410 e. The van der Waals surface area contributed by atoms with Gasteiger partial charge in [-0.2, -0.15) is 0 Å². The summed E-state index contributed by atoms with van der Waals surface area (Å²) in [5, 5.41) is 1.16. The van der Waals surface area contributed by atoms with Gasteiger partial charge < -0.3 is 28.6 Å². The van der Waals surface area contributed by atoms with Crippen LogP contribution in [-0.4, -0.2) is 78.0 Å². The average molecular weight is 652 g/mol. The number of ether oxygens (including phenoxy) is 3. The van der Waals surface area contributed by atoms with E-state index in [9.17, 15) is 4.79 Å². The van der Waals surface area contributed by atoms with E-state index in [1.165, 1.54) is 0 Å². The number of nitrogens with zero attached hydrogens (tertiary/aromatic N) is 3. The Bertz CT molecular complexity index is 1710. The molecule has 48 heavy (non-hydrogen) atoms. The molecule has 3 aromatic carbocycles. The van der Waals surface area contributed by atoms with Gasteiger partial charge in [0.1, 0.15) is 5.60 Å². The van der Waals surface area contributed by atoms with Crippen LogP contribution >= 0.6 is 0 Å². The Morgan fingerprint density at radius 1 is 0.896 bits per heavy atom. The van der Waals surface area contributed by atoms with E-state index >= 15 is 4.79 Å². The fraction of sp³-hybridized carbons (Fsp3) is 0.450. The molecule has 6 rings (SSSR count). The Hall–Kier alpha value is -4.14. The molecule has 2 aliphatic rings. The average Bonchev–Trinajstić information content (AvgIpc) is 3.88. The molecule has 0 unspecified atom stereocenters. The van der Waals surface area contributed by atoms with E-state index in [2.05, 4.69) is 76.3 Å². The van der Waals surface area contributed by atoms with Crippen LogP contribution in [-0.2, 0) is 32.1 Å². The molecule has 254 valence electrons. The minimum Gasteiger partial charge on any atom is -0.444 e. The summed E-state index contributed by atoms with van der Waals surface area (Å²) in [6.07, 6.45) is 4.25. The summed E-state index contributed by atoms with van der Waals surface area (Å²) in [5.74, 6) is -0.710. The molecule has 8 nitrogen and oxygen atoms in total. The number of aryl methyl sites for hydroxylation is 1. The van der Waals surface area contributed by atoms with Crippen molar-refractivity contribution in [1.29, 1.82) is 0 Å². The second-order valence-electron chi connectivity index (χ2n) is 14.2. The van der Waals surface area contributed by atoms with Crippen molar-refractivity contribution in [2.75, 3.05) is 33.9 Å². The van der Waals surface area contributed by atoms with Crippen molar-refractivity contribution >= 4 is 22.9 Å². The zero-order chi connectivity index (χ0) is 33.8. The van der Waals surface area contributed by atoms with Crippen LogP contribution in [0.3, 0.4) is 0 Å². The molecule has 2 fully saturated rings. The van der Waals surface area contributed by atoms with Crippen molar-refractivity contribution in [3.63, 3.8) is 0 Å². The van der Waals surface area contributed by atoms with Gasteiger partial charge in [0, 0.05) is 69.5 Å². The lowest BCUT2D eigenvalue weighted by Crippen LogP contribution is -2.56. The standard InChI is InChI=1S/C40H49N3O5/c1-40(2,3)48-39(45)42-26-34(37(36(27-42)47-5)30-16-11-15-29(23-30)28-13-7-6-8-14-28)38(44)43(32-19-20-32)25-31-24-41(21-12-22-46-4)35-18-10-9-17-33(31)35/h6-11,13-18,23-24,32,34,36-37H,12,19-22,25-27H2,1-5H3/t34-,36+,37+/m0/s1. The van der Waals surface area contributed by atoms with E-state index in [0.717, 1.165) is 59.0 Å². The first-order valence-electron chi connectivity index (χ1n) is 17.2. The Balaban J connectivity index is 1.37. The topological polar surface area (TPSA) is 73.2 Å². The van der Waals surface area contributed by atoms with E-state index in [0.29, 0.717) is 19.7 Å². The number of likely N-dealkylation sites (tertiary alicyclic amines) is 1. The lowest BCUT2D eigenvalue weighted by atomic mass is 9.77. The zero-order valence-corrected chi connectivity index (χ0v) is 28.9. The molecule has 0 spiro atoms. The fourth-order valence-electron chi connectivity index (χ4n) is 7.13.